The predicted octanol–water partition coefficient (Wildman–Crippen LogP) is 3.63. The summed E-state index contributed by atoms with van der Waals surface area (Å²) < 4.78 is 14.3. The van der Waals surface area contributed by atoms with E-state index in [1.807, 2.05) is 51.1 Å². The van der Waals surface area contributed by atoms with E-state index in [4.69, 9.17) is 0 Å². The second kappa shape index (κ2) is 5.02. The van der Waals surface area contributed by atoms with Gasteiger partial charge >= 0.3 is 0 Å². The minimum absolute atomic E-state index is 0.0810. The number of hydrogen-bond acceptors (Lipinski definition) is 2. The van der Waals surface area contributed by atoms with E-state index in [9.17, 15) is 4.39 Å². The van der Waals surface area contributed by atoms with Crippen LogP contribution in [0.2, 0.25) is 0 Å². The SMILES string of the molecule is CC(C)(C)NCC(F)c1cccc2cccnc12. The first-order chi connectivity index (χ1) is 8.47. The fraction of sp³-hybridized carbons (Fsp3) is 0.400. The van der Waals surface area contributed by atoms with Crippen molar-refractivity contribution >= 4 is 10.9 Å². The molecule has 1 N–H and O–H groups in total. The summed E-state index contributed by atoms with van der Waals surface area (Å²) in [5.41, 5.74) is 1.33. The van der Waals surface area contributed by atoms with Crippen LogP contribution in [0.15, 0.2) is 36.5 Å². The van der Waals surface area contributed by atoms with Crippen LogP contribution in [0, 0.1) is 0 Å². The Balaban J connectivity index is 2.25. The molecule has 1 atom stereocenters. The molecular formula is C15H19FN2. The number of rotatable bonds is 3. The summed E-state index contributed by atoms with van der Waals surface area (Å²) in [5.74, 6) is 0. The van der Waals surface area contributed by atoms with Crippen LogP contribution in [-0.4, -0.2) is 17.1 Å². The number of benzene rings is 1. The maximum atomic E-state index is 14.3. The Morgan fingerprint density at radius 1 is 1.22 bits per heavy atom. The van der Waals surface area contributed by atoms with Gasteiger partial charge in [-0.15, -0.1) is 0 Å². The lowest BCUT2D eigenvalue weighted by Gasteiger charge is -2.22. The summed E-state index contributed by atoms with van der Waals surface area (Å²) in [7, 11) is 0. The quantitative estimate of drug-likeness (QED) is 0.894. The highest BCUT2D eigenvalue weighted by molar-refractivity contribution is 5.81. The van der Waals surface area contributed by atoms with E-state index in [1.165, 1.54) is 0 Å². The lowest BCUT2D eigenvalue weighted by atomic mass is 10.0. The molecule has 0 aliphatic heterocycles. The van der Waals surface area contributed by atoms with E-state index < -0.39 is 6.17 Å². The smallest absolute Gasteiger partial charge is 0.140 e. The number of para-hydroxylation sites is 1. The number of pyridine rings is 1. The monoisotopic (exact) mass is 246 g/mol. The molecule has 2 rings (SSSR count). The van der Waals surface area contributed by atoms with E-state index >= 15 is 0 Å². The molecule has 1 aromatic carbocycles. The van der Waals surface area contributed by atoms with Gasteiger partial charge in [-0.05, 0) is 26.8 Å². The molecule has 18 heavy (non-hydrogen) atoms. The molecular weight excluding hydrogens is 227 g/mol. The zero-order valence-corrected chi connectivity index (χ0v) is 11.1. The molecule has 1 heterocycles. The summed E-state index contributed by atoms with van der Waals surface area (Å²) >= 11 is 0. The minimum atomic E-state index is -1.04. The largest absolute Gasteiger partial charge is 0.309 e. The van der Waals surface area contributed by atoms with E-state index in [-0.39, 0.29) is 5.54 Å². The number of halogens is 1. The van der Waals surface area contributed by atoms with Crippen molar-refractivity contribution in [3.05, 3.63) is 42.1 Å². The fourth-order valence-corrected chi connectivity index (χ4v) is 1.89. The number of nitrogens with one attached hydrogen (secondary N) is 1. The van der Waals surface area contributed by atoms with Gasteiger partial charge < -0.3 is 5.32 Å². The van der Waals surface area contributed by atoms with Gasteiger partial charge in [0.25, 0.3) is 0 Å². The topological polar surface area (TPSA) is 24.9 Å². The molecule has 0 amide bonds. The van der Waals surface area contributed by atoms with Crippen molar-refractivity contribution in [2.75, 3.05) is 6.54 Å². The maximum absolute atomic E-state index is 14.3. The summed E-state index contributed by atoms with van der Waals surface area (Å²) in [6, 6.07) is 9.46. The third-order valence-corrected chi connectivity index (χ3v) is 2.81. The van der Waals surface area contributed by atoms with Gasteiger partial charge in [0.05, 0.1) is 5.52 Å². The summed E-state index contributed by atoms with van der Waals surface area (Å²) in [5, 5.41) is 4.16. The molecule has 1 aromatic heterocycles. The van der Waals surface area contributed by atoms with Gasteiger partial charge in [-0.1, -0.05) is 24.3 Å². The van der Waals surface area contributed by atoms with Crippen molar-refractivity contribution in [3.8, 4) is 0 Å². The zero-order valence-electron chi connectivity index (χ0n) is 11.1. The first-order valence-electron chi connectivity index (χ1n) is 6.20. The van der Waals surface area contributed by atoms with Crippen molar-refractivity contribution in [1.29, 1.82) is 0 Å². The maximum Gasteiger partial charge on any atom is 0.140 e. The molecule has 0 spiro atoms. The first-order valence-corrected chi connectivity index (χ1v) is 6.20. The third kappa shape index (κ3) is 3.05. The molecule has 96 valence electrons. The van der Waals surface area contributed by atoms with Crippen LogP contribution in [-0.2, 0) is 0 Å². The number of hydrogen-bond donors (Lipinski definition) is 1. The molecule has 2 aromatic rings. The van der Waals surface area contributed by atoms with Crippen LogP contribution in [0.1, 0.15) is 32.5 Å². The minimum Gasteiger partial charge on any atom is -0.309 e. The van der Waals surface area contributed by atoms with Crippen LogP contribution in [0.4, 0.5) is 4.39 Å². The van der Waals surface area contributed by atoms with Gasteiger partial charge in [-0.2, -0.15) is 0 Å². The van der Waals surface area contributed by atoms with Crippen molar-refractivity contribution < 1.29 is 4.39 Å². The predicted molar refractivity (Wildman–Crippen MR) is 73.3 cm³/mol. The Bertz CT molecular complexity index is 526. The van der Waals surface area contributed by atoms with Crippen molar-refractivity contribution in [2.24, 2.45) is 0 Å². The molecule has 0 aliphatic rings. The van der Waals surface area contributed by atoms with Gasteiger partial charge in [-0.3, -0.25) is 4.98 Å². The molecule has 0 aliphatic carbocycles. The van der Waals surface area contributed by atoms with E-state index in [0.717, 1.165) is 10.9 Å². The van der Waals surface area contributed by atoms with Gasteiger partial charge in [0.1, 0.15) is 6.17 Å². The number of nitrogens with zero attached hydrogens (tertiary/aromatic N) is 1. The fourth-order valence-electron chi connectivity index (χ4n) is 1.89. The number of fused-ring (bicyclic) bond motifs is 1. The van der Waals surface area contributed by atoms with Gasteiger partial charge in [0, 0.05) is 29.2 Å². The first kappa shape index (κ1) is 13.0. The van der Waals surface area contributed by atoms with Crippen LogP contribution in [0.3, 0.4) is 0 Å². The Morgan fingerprint density at radius 3 is 2.67 bits per heavy atom. The normalized spacial score (nSPS) is 13.8. The second-order valence-electron chi connectivity index (χ2n) is 5.52. The highest BCUT2D eigenvalue weighted by Crippen LogP contribution is 2.24. The standard InChI is InChI=1S/C15H19FN2/c1-15(2,3)18-10-13(16)12-8-4-6-11-7-5-9-17-14(11)12/h4-9,13,18H,10H2,1-3H3. The lowest BCUT2D eigenvalue weighted by molar-refractivity contribution is 0.293. The molecule has 0 saturated carbocycles. The highest BCUT2D eigenvalue weighted by Gasteiger charge is 2.17. The second-order valence-corrected chi connectivity index (χ2v) is 5.52. The van der Waals surface area contributed by atoms with E-state index in [2.05, 4.69) is 10.3 Å². The van der Waals surface area contributed by atoms with Crippen LogP contribution in [0.25, 0.3) is 10.9 Å². The van der Waals surface area contributed by atoms with Crippen LogP contribution in [0.5, 0.6) is 0 Å². The molecule has 1 unspecified atom stereocenters. The Kier molecular flexibility index (Phi) is 3.62. The third-order valence-electron chi connectivity index (χ3n) is 2.81. The Morgan fingerprint density at radius 2 is 1.94 bits per heavy atom. The summed E-state index contributed by atoms with van der Waals surface area (Å²) in [4.78, 5) is 4.28. The highest BCUT2D eigenvalue weighted by atomic mass is 19.1. The molecule has 2 nitrogen and oxygen atoms in total. The Labute approximate surface area is 107 Å². The molecule has 0 saturated heterocycles. The summed E-state index contributed by atoms with van der Waals surface area (Å²) in [6.07, 6.45) is 0.665. The Hall–Kier alpha value is -1.48. The number of aromatic nitrogens is 1. The van der Waals surface area contributed by atoms with Crippen LogP contribution < -0.4 is 5.32 Å². The van der Waals surface area contributed by atoms with Crippen molar-refractivity contribution in [1.82, 2.24) is 10.3 Å². The van der Waals surface area contributed by atoms with Crippen LogP contribution >= 0.6 is 0 Å². The van der Waals surface area contributed by atoms with Gasteiger partial charge in [-0.25, -0.2) is 4.39 Å². The molecule has 0 radical (unpaired) electrons. The molecule has 0 bridgehead atoms. The van der Waals surface area contributed by atoms with Gasteiger partial charge in [0.2, 0.25) is 0 Å². The molecule has 3 heteroatoms. The average molecular weight is 246 g/mol. The van der Waals surface area contributed by atoms with E-state index in [0.29, 0.717) is 12.1 Å². The van der Waals surface area contributed by atoms with Crippen molar-refractivity contribution in [2.45, 2.75) is 32.5 Å². The average Bonchev–Trinajstić information content (AvgIpc) is 2.34. The number of alkyl halides is 1. The van der Waals surface area contributed by atoms with Gasteiger partial charge in [0.15, 0.2) is 0 Å². The summed E-state index contributed by atoms with van der Waals surface area (Å²) in [6.45, 7) is 6.39. The van der Waals surface area contributed by atoms with E-state index in [1.54, 1.807) is 6.20 Å². The van der Waals surface area contributed by atoms with Crippen molar-refractivity contribution in [3.63, 3.8) is 0 Å². The lowest BCUT2D eigenvalue weighted by Crippen LogP contribution is -2.37. The molecule has 0 fully saturated rings. The zero-order chi connectivity index (χ0) is 13.2.